The molecule has 2 saturated heterocycles. The number of hydrogen-bond donors (Lipinski definition) is 0. The first-order valence-electron chi connectivity index (χ1n) is 29.9. The van der Waals surface area contributed by atoms with Gasteiger partial charge in [0.1, 0.15) is 0 Å². The number of unbranched alkanes of at least 4 members (excludes halogenated alkanes) is 12. The number of aryl methyl sites for hydroxylation is 2. The molecule has 0 atom stereocenters. The Bertz CT molecular complexity index is 2610. The summed E-state index contributed by atoms with van der Waals surface area (Å²) in [6.07, 6.45) is 24.6. The Kier molecular flexibility index (Phi) is 16.5. The molecule has 2 aliphatic heterocycles. The molecule has 0 bridgehead atoms. The van der Waals surface area contributed by atoms with Gasteiger partial charge in [-0.3, -0.25) is 0 Å². The van der Waals surface area contributed by atoms with Gasteiger partial charge in [-0.2, -0.15) is 0 Å². The fourth-order valence-electron chi connectivity index (χ4n) is 13.1. The zero-order chi connectivity index (χ0) is 52.5. The van der Waals surface area contributed by atoms with Gasteiger partial charge in [0.05, 0.1) is 27.8 Å². The monoisotopic (exact) mass is 995 g/mol. The molecule has 2 fully saturated rings. The first-order chi connectivity index (χ1) is 35.5. The van der Waals surface area contributed by atoms with Crippen LogP contribution in [0, 0.1) is 0 Å². The van der Waals surface area contributed by atoms with Crippen LogP contribution >= 0.6 is 0 Å². The average Bonchev–Trinajstić information content (AvgIpc) is 3.98. The Morgan fingerprint density at radius 3 is 1.11 bits per heavy atom. The SMILES string of the molecule is CCCCCCCCC1(CCCCCCCC)c2cc(B3OC(C)(C)C(C)(C)O3)ccc2-c2cc3c(cc21)-c1ccc(B2OC(C)(C)C(C)(C)O2)cc1C3(c1ccc(CCCC)cc1)c1ccc(CCCC)cc1. The molecular formula is C68H92B2O4. The Morgan fingerprint density at radius 2 is 0.676 bits per heavy atom. The first-order valence-corrected chi connectivity index (χ1v) is 29.9. The zero-order valence-electron chi connectivity index (χ0n) is 48.2. The Labute approximate surface area is 450 Å². The van der Waals surface area contributed by atoms with Gasteiger partial charge in [0.25, 0.3) is 0 Å². The van der Waals surface area contributed by atoms with Crippen LogP contribution < -0.4 is 10.9 Å². The van der Waals surface area contributed by atoms with Gasteiger partial charge in [0.2, 0.25) is 0 Å². The third-order valence-corrected chi connectivity index (χ3v) is 19.0. The van der Waals surface area contributed by atoms with E-state index in [4.69, 9.17) is 18.6 Å². The molecule has 0 N–H and O–H groups in total. The Morgan fingerprint density at radius 1 is 0.338 bits per heavy atom. The average molecular weight is 995 g/mol. The van der Waals surface area contributed by atoms with Crippen molar-refractivity contribution >= 4 is 25.2 Å². The van der Waals surface area contributed by atoms with Gasteiger partial charge in [-0.15, -0.1) is 0 Å². The molecule has 2 aliphatic carbocycles. The summed E-state index contributed by atoms with van der Waals surface area (Å²) in [5.41, 5.74) is 16.3. The summed E-state index contributed by atoms with van der Waals surface area (Å²) >= 11 is 0. The van der Waals surface area contributed by atoms with Crippen LogP contribution in [0.3, 0.4) is 0 Å². The lowest BCUT2D eigenvalue weighted by Crippen LogP contribution is -2.41. The van der Waals surface area contributed by atoms with Gasteiger partial charge in [0.15, 0.2) is 0 Å². The van der Waals surface area contributed by atoms with Gasteiger partial charge in [-0.05, 0) is 184 Å². The van der Waals surface area contributed by atoms with Crippen LogP contribution in [0.4, 0.5) is 0 Å². The number of rotatable bonds is 24. The second-order valence-corrected chi connectivity index (χ2v) is 25.2. The standard InChI is InChI=1S/C68H92B2O4/c1-13-17-21-23-25-27-43-67(44-28-26-24-22-18-14-2)59-45-53(69-71-63(5,6)64(7,8)72-69)39-41-55(59)57-48-62-58(47-60(57)67)56-42-40-54(70-73-65(9,10)66(11,12)74-70)46-61(56)68(62,51-35-31-49(32-36-51)29-19-15-3)52-37-33-50(34-38-52)30-20-16-4/h31-42,45-48H,13-30,43-44H2,1-12H3. The van der Waals surface area contributed by atoms with E-state index < -0.39 is 42.1 Å². The molecule has 0 spiro atoms. The fraction of sp³-hybridized carbons (Fsp3) is 0.559. The van der Waals surface area contributed by atoms with Gasteiger partial charge in [0, 0.05) is 5.41 Å². The smallest absolute Gasteiger partial charge is 0.399 e. The highest BCUT2D eigenvalue weighted by Crippen LogP contribution is 2.62. The van der Waals surface area contributed by atoms with Crippen LogP contribution in [-0.2, 0) is 42.3 Å². The summed E-state index contributed by atoms with van der Waals surface area (Å²) in [6.45, 7) is 26.6. The van der Waals surface area contributed by atoms with E-state index in [0.717, 1.165) is 36.6 Å². The van der Waals surface area contributed by atoms with Gasteiger partial charge >= 0.3 is 14.2 Å². The van der Waals surface area contributed by atoms with Crippen molar-refractivity contribution in [1.29, 1.82) is 0 Å². The minimum atomic E-state index is -0.599. The lowest BCUT2D eigenvalue weighted by atomic mass is 9.65. The minimum Gasteiger partial charge on any atom is -0.399 e. The molecule has 4 nitrogen and oxygen atoms in total. The molecule has 0 radical (unpaired) electrons. The van der Waals surface area contributed by atoms with E-state index in [0.29, 0.717) is 0 Å². The second-order valence-electron chi connectivity index (χ2n) is 25.2. The van der Waals surface area contributed by atoms with Crippen molar-refractivity contribution in [3.8, 4) is 22.3 Å². The highest BCUT2D eigenvalue weighted by Gasteiger charge is 2.55. The zero-order valence-corrected chi connectivity index (χ0v) is 48.2. The number of fused-ring (bicyclic) bond motifs is 6. The molecule has 0 unspecified atom stereocenters. The maximum absolute atomic E-state index is 6.87. The van der Waals surface area contributed by atoms with E-state index in [2.05, 4.69) is 180 Å². The van der Waals surface area contributed by atoms with E-state index in [1.165, 1.54) is 169 Å². The van der Waals surface area contributed by atoms with E-state index in [9.17, 15) is 0 Å². The Hall–Kier alpha value is -3.93. The van der Waals surface area contributed by atoms with Crippen LogP contribution in [0.1, 0.15) is 243 Å². The topological polar surface area (TPSA) is 36.9 Å². The second kappa shape index (κ2) is 22.2. The lowest BCUT2D eigenvalue weighted by Gasteiger charge is -2.35. The molecule has 4 aliphatic rings. The third kappa shape index (κ3) is 10.1. The largest absolute Gasteiger partial charge is 0.494 e. The number of benzene rings is 5. The van der Waals surface area contributed by atoms with Crippen molar-refractivity contribution in [1.82, 2.24) is 0 Å². The molecule has 0 saturated carbocycles. The molecule has 5 aromatic rings. The lowest BCUT2D eigenvalue weighted by molar-refractivity contribution is 0.00578. The molecule has 9 rings (SSSR count). The maximum Gasteiger partial charge on any atom is 0.494 e. The van der Waals surface area contributed by atoms with E-state index in [-0.39, 0.29) is 5.41 Å². The molecule has 0 aromatic heterocycles. The molecular weight excluding hydrogens is 902 g/mol. The van der Waals surface area contributed by atoms with Crippen molar-refractivity contribution < 1.29 is 18.6 Å². The van der Waals surface area contributed by atoms with Crippen molar-refractivity contribution in [3.63, 3.8) is 0 Å². The predicted octanol–water partition coefficient (Wildman–Crippen LogP) is 17.1. The maximum atomic E-state index is 6.87. The van der Waals surface area contributed by atoms with E-state index in [1.807, 2.05) is 0 Å². The van der Waals surface area contributed by atoms with Gasteiger partial charge < -0.3 is 18.6 Å². The fourth-order valence-corrected chi connectivity index (χ4v) is 13.1. The normalized spacial score (nSPS) is 18.9. The summed E-state index contributed by atoms with van der Waals surface area (Å²) < 4.78 is 27.4. The quantitative estimate of drug-likeness (QED) is 0.0447. The Balaban J connectivity index is 1.29. The highest BCUT2D eigenvalue weighted by molar-refractivity contribution is 6.62. The summed E-state index contributed by atoms with van der Waals surface area (Å²) in [4.78, 5) is 0. The molecule has 5 aromatic carbocycles. The molecule has 6 heteroatoms. The number of hydrogen-bond acceptors (Lipinski definition) is 4. The van der Waals surface area contributed by atoms with Crippen LogP contribution in [0.5, 0.6) is 0 Å². The molecule has 74 heavy (non-hydrogen) atoms. The summed E-state index contributed by atoms with van der Waals surface area (Å²) in [5, 5.41) is 0. The molecule has 0 amide bonds. The molecule has 394 valence electrons. The van der Waals surface area contributed by atoms with Crippen LogP contribution in [-0.4, -0.2) is 36.6 Å². The molecule has 2 heterocycles. The van der Waals surface area contributed by atoms with E-state index in [1.54, 1.807) is 0 Å². The van der Waals surface area contributed by atoms with Gasteiger partial charge in [-0.25, -0.2) is 0 Å². The van der Waals surface area contributed by atoms with Crippen molar-refractivity contribution in [2.45, 2.75) is 245 Å². The van der Waals surface area contributed by atoms with Crippen LogP contribution in [0.2, 0.25) is 0 Å². The van der Waals surface area contributed by atoms with Crippen LogP contribution in [0.25, 0.3) is 22.3 Å². The first kappa shape index (κ1) is 54.8. The van der Waals surface area contributed by atoms with Crippen molar-refractivity contribution in [3.05, 3.63) is 142 Å². The van der Waals surface area contributed by atoms with Crippen LogP contribution in [0.15, 0.2) is 97.1 Å². The highest BCUT2D eigenvalue weighted by atomic mass is 16.7. The summed E-state index contributed by atoms with van der Waals surface area (Å²) in [5.74, 6) is 0. The third-order valence-electron chi connectivity index (χ3n) is 19.0. The summed E-state index contributed by atoms with van der Waals surface area (Å²) in [7, 11) is -0.894. The van der Waals surface area contributed by atoms with E-state index >= 15 is 0 Å². The van der Waals surface area contributed by atoms with Gasteiger partial charge in [-0.1, -0.05) is 203 Å². The predicted molar refractivity (Wildman–Crippen MR) is 315 cm³/mol. The van der Waals surface area contributed by atoms with Crippen molar-refractivity contribution in [2.75, 3.05) is 0 Å². The summed E-state index contributed by atoms with van der Waals surface area (Å²) in [6, 6.07) is 39.5. The minimum absolute atomic E-state index is 0.148. The van der Waals surface area contributed by atoms with Crippen molar-refractivity contribution in [2.24, 2.45) is 0 Å².